The summed E-state index contributed by atoms with van der Waals surface area (Å²) < 4.78 is 0. The minimum atomic E-state index is -1.03. The Kier molecular flexibility index (Phi) is 5.76. The topological polar surface area (TPSA) is 95.5 Å². The zero-order valence-electron chi connectivity index (χ0n) is 13.3. The molecule has 1 aliphatic rings. The second-order valence-electron chi connectivity index (χ2n) is 6.17. The molecule has 2 amide bonds. The molecule has 7 heteroatoms. The number of carboxylic acid groups (broad SMARTS) is 1. The van der Waals surface area contributed by atoms with Gasteiger partial charge in [0.25, 0.3) is 5.91 Å². The van der Waals surface area contributed by atoms with E-state index in [-0.39, 0.29) is 34.7 Å². The zero-order chi connectivity index (χ0) is 17.0. The lowest BCUT2D eigenvalue weighted by molar-refractivity contribution is -0.126. The van der Waals surface area contributed by atoms with Crippen LogP contribution in [0, 0.1) is 5.92 Å². The number of hydrogen-bond acceptors (Lipinski definition) is 4. The van der Waals surface area contributed by atoms with Gasteiger partial charge in [-0.1, -0.05) is 6.42 Å². The van der Waals surface area contributed by atoms with Crippen LogP contribution in [0.5, 0.6) is 0 Å². The number of hydrogen-bond donors (Lipinski definition) is 3. The van der Waals surface area contributed by atoms with Crippen molar-refractivity contribution < 1.29 is 19.5 Å². The monoisotopic (exact) mass is 338 g/mol. The molecule has 0 aromatic carbocycles. The van der Waals surface area contributed by atoms with Gasteiger partial charge in [-0.25, -0.2) is 4.79 Å². The predicted molar refractivity (Wildman–Crippen MR) is 87.8 cm³/mol. The van der Waals surface area contributed by atoms with Crippen LogP contribution in [0.25, 0.3) is 0 Å². The molecule has 2 unspecified atom stereocenters. The molecule has 126 valence electrons. The first-order valence-corrected chi connectivity index (χ1v) is 8.63. The Morgan fingerprint density at radius 1 is 1.22 bits per heavy atom. The number of carbonyl (C=O) groups is 3. The molecule has 1 aromatic rings. The maximum absolute atomic E-state index is 12.2. The fourth-order valence-electron chi connectivity index (χ4n) is 2.79. The first kappa shape index (κ1) is 17.5. The maximum Gasteiger partial charge on any atom is 0.345 e. The smallest absolute Gasteiger partial charge is 0.345 e. The van der Waals surface area contributed by atoms with Crippen LogP contribution in [0.4, 0.5) is 0 Å². The summed E-state index contributed by atoms with van der Waals surface area (Å²) in [7, 11) is 0. The molecule has 1 heterocycles. The van der Waals surface area contributed by atoms with Gasteiger partial charge in [-0.3, -0.25) is 9.59 Å². The van der Waals surface area contributed by atoms with Crippen LogP contribution in [0.2, 0.25) is 0 Å². The Labute approximate surface area is 139 Å². The summed E-state index contributed by atoms with van der Waals surface area (Å²) >= 11 is 0.962. The van der Waals surface area contributed by atoms with E-state index >= 15 is 0 Å². The van der Waals surface area contributed by atoms with E-state index < -0.39 is 5.97 Å². The van der Waals surface area contributed by atoms with Crippen molar-refractivity contribution in [2.45, 2.75) is 51.6 Å². The summed E-state index contributed by atoms with van der Waals surface area (Å²) in [5.74, 6) is -1.33. The van der Waals surface area contributed by atoms with Crippen LogP contribution in [0.15, 0.2) is 12.1 Å². The van der Waals surface area contributed by atoms with Crippen molar-refractivity contribution in [3.05, 3.63) is 21.9 Å². The van der Waals surface area contributed by atoms with E-state index in [9.17, 15) is 14.4 Å². The Morgan fingerprint density at radius 2 is 1.91 bits per heavy atom. The standard InChI is InChI=1S/C16H22N2O4S/c1-9(2)17-14(19)10-4-3-5-11(8-10)18-15(20)12-6-7-13(23-12)16(21)22/h6-7,9-11H,3-5,8H2,1-2H3,(H,17,19)(H,18,20)(H,21,22). The van der Waals surface area contributed by atoms with Crippen LogP contribution in [-0.4, -0.2) is 35.0 Å². The van der Waals surface area contributed by atoms with E-state index in [1.54, 1.807) is 0 Å². The van der Waals surface area contributed by atoms with E-state index in [1.165, 1.54) is 12.1 Å². The molecular weight excluding hydrogens is 316 g/mol. The molecule has 1 aromatic heterocycles. The third kappa shape index (κ3) is 4.79. The third-order valence-electron chi connectivity index (χ3n) is 3.85. The van der Waals surface area contributed by atoms with E-state index in [0.717, 1.165) is 30.6 Å². The van der Waals surface area contributed by atoms with Gasteiger partial charge in [0.05, 0.1) is 4.88 Å². The first-order chi connectivity index (χ1) is 10.9. The third-order valence-corrected chi connectivity index (χ3v) is 4.92. The molecule has 2 atom stereocenters. The van der Waals surface area contributed by atoms with Gasteiger partial charge < -0.3 is 15.7 Å². The van der Waals surface area contributed by atoms with Gasteiger partial charge in [-0.2, -0.15) is 0 Å². The summed E-state index contributed by atoms with van der Waals surface area (Å²) in [6.07, 6.45) is 3.20. The van der Waals surface area contributed by atoms with E-state index in [2.05, 4.69) is 10.6 Å². The minimum absolute atomic E-state index is 0.0447. The predicted octanol–water partition coefficient (Wildman–Crippen LogP) is 2.26. The van der Waals surface area contributed by atoms with Crippen LogP contribution >= 0.6 is 11.3 Å². The molecule has 0 spiro atoms. The highest BCUT2D eigenvalue weighted by molar-refractivity contribution is 7.15. The molecule has 2 rings (SSSR count). The Balaban J connectivity index is 1.92. The van der Waals surface area contributed by atoms with Crippen molar-refractivity contribution in [1.82, 2.24) is 10.6 Å². The average Bonchev–Trinajstić information content (AvgIpc) is 2.97. The molecule has 1 saturated carbocycles. The average molecular weight is 338 g/mol. The van der Waals surface area contributed by atoms with Gasteiger partial charge in [0.1, 0.15) is 4.88 Å². The lowest BCUT2D eigenvalue weighted by Gasteiger charge is -2.29. The Morgan fingerprint density at radius 3 is 2.52 bits per heavy atom. The highest BCUT2D eigenvalue weighted by atomic mass is 32.1. The number of carbonyl (C=O) groups excluding carboxylic acids is 2. The molecule has 6 nitrogen and oxygen atoms in total. The Hall–Kier alpha value is -1.89. The number of amides is 2. The molecule has 1 fully saturated rings. The van der Waals surface area contributed by atoms with Crippen LogP contribution in [-0.2, 0) is 4.79 Å². The van der Waals surface area contributed by atoms with Crippen LogP contribution < -0.4 is 10.6 Å². The van der Waals surface area contributed by atoms with E-state index in [0.29, 0.717) is 11.3 Å². The largest absolute Gasteiger partial charge is 0.477 e. The van der Waals surface area contributed by atoms with Gasteiger partial charge >= 0.3 is 5.97 Å². The quantitative estimate of drug-likeness (QED) is 0.767. The van der Waals surface area contributed by atoms with Crippen LogP contribution in [0.1, 0.15) is 58.9 Å². The molecule has 23 heavy (non-hydrogen) atoms. The summed E-state index contributed by atoms with van der Waals surface area (Å²) in [4.78, 5) is 35.7. The molecule has 3 N–H and O–H groups in total. The molecule has 0 bridgehead atoms. The van der Waals surface area contributed by atoms with Gasteiger partial charge in [-0.05, 0) is 45.2 Å². The second kappa shape index (κ2) is 7.59. The Bertz CT molecular complexity index is 597. The lowest BCUT2D eigenvalue weighted by atomic mass is 9.85. The number of nitrogens with one attached hydrogen (secondary N) is 2. The van der Waals surface area contributed by atoms with Crippen LogP contribution in [0.3, 0.4) is 0 Å². The number of thiophene rings is 1. The molecule has 1 aliphatic carbocycles. The van der Waals surface area contributed by atoms with Gasteiger partial charge in [0, 0.05) is 18.0 Å². The summed E-state index contributed by atoms with van der Waals surface area (Å²) in [6, 6.07) is 3.02. The molecule has 0 saturated heterocycles. The zero-order valence-corrected chi connectivity index (χ0v) is 14.1. The normalized spacial score (nSPS) is 21.0. The number of rotatable bonds is 5. The fourth-order valence-corrected chi connectivity index (χ4v) is 3.54. The highest BCUT2D eigenvalue weighted by Crippen LogP contribution is 2.25. The van der Waals surface area contributed by atoms with E-state index in [1.807, 2.05) is 13.8 Å². The van der Waals surface area contributed by atoms with Crippen molar-refractivity contribution in [2.75, 3.05) is 0 Å². The van der Waals surface area contributed by atoms with Crippen molar-refractivity contribution in [3.63, 3.8) is 0 Å². The fraction of sp³-hybridized carbons (Fsp3) is 0.562. The lowest BCUT2D eigenvalue weighted by Crippen LogP contribution is -2.43. The summed E-state index contributed by atoms with van der Waals surface area (Å²) in [6.45, 7) is 3.85. The molecular formula is C16H22N2O4S. The van der Waals surface area contributed by atoms with Crippen molar-refractivity contribution >= 4 is 29.1 Å². The van der Waals surface area contributed by atoms with Gasteiger partial charge in [0.15, 0.2) is 0 Å². The summed E-state index contributed by atoms with van der Waals surface area (Å²) in [5.41, 5.74) is 0. The minimum Gasteiger partial charge on any atom is -0.477 e. The van der Waals surface area contributed by atoms with Gasteiger partial charge in [0.2, 0.25) is 5.91 Å². The SMILES string of the molecule is CC(C)NC(=O)C1CCCC(NC(=O)c2ccc(C(=O)O)s2)C1. The highest BCUT2D eigenvalue weighted by Gasteiger charge is 2.28. The summed E-state index contributed by atoms with van der Waals surface area (Å²) in [5, 5.41) is 14.7. The molecule has 0 aliphatic heterocycles. The van der Waals surface area contributed by atoms with Crippen molar-refractivity contribution in [1.29, 1.82) is 0 Å². The number of aromatic carboxylic acids is 1. The first-order valence-electron chi connectivity index (χ1n) is 7.81. The van der Waals surface area contributed by atoms with E-state index in [4.69, 9.17) is 5.11 Å². The number of carboxylic acids is 1. The molecule has 0 radical (unpaired) electrons. The van der Waals surface area contributed by atoms with Gasteiger partial charge in [-0.15, -0.1) is 11.3 Å². The maximum atomic E-state index is 12.2. The van der Waals surface area contributed by atoms with Crippen molar-refractivity contribution in [3.8, 4) is 0 Å². The van der Waals surface area contributed by atoms with Crippen molar-refractivity contribution in [2.24, 2.45) is 5.92 Å². The second-order valence-corrected chi connectivity index (χ2v) is 7.25.